The van der Waals surface area contributed by atoms with E-state index in [0.29, 0.717) is 0 Å². The second-order valence-electron chi connectivity index (χ2n) is 3.71. The fourth-order valence-electron chi connectivity index (χ4n) is 1.78. The van der Waals surface area contributed by atoms with Gasteiger partial charge in [0.1, 0.15) is 0 Å². The topological polar surface area (TPSA) is 40.1 Å². The summed E-state index contributed by atoms with van der Waals surface area (Å²) >= 11 is 0. The van der Waals surface area contributed by atoms with Gasteiger partial charge in [0.15, 0.2) is 0 Å². The molecule has 0 aliphatic carbocycles. The van der Waals surface area contributed by atoms with E-state index in [2.05, 4.69) is 13.8 Å². The number of aliphatic carboxylic acids is 1. The molecule has 0 aliphatic heterocycles. The molecule has 0 fully saturated rings. The zero-order valence-corrected chi connectivity index (χ0v) is 11.8. The molecule has 0 amide bonds. The zero-order valence-electron chi connectivity index (χ0n) is 9.84. The van der Waals surface area contributed by atoms with Crippen LogP contribution < -0.4 is 34.7 Å². The molecule has 0 aromatic rings. The van der Waals surface area contributed by atoms with Crippen LogP contribution >= 0.6 is 0 Å². The van der Waals surface area contributed by atoms with Gasteiger partial charge in [-0.2, -0.15) is 0 Å². The minimum atomic E-state index is -0.910. The number of carbonyl (C=O) groups is 1. The third kappa shape index (κ3) is 10.6. The summed E-state index contributed by atoms with van der Waals surface area (Å²) in [6.07, 6.45) is 6.94. The van der Waals surface area contributed by atoms with Gasteiger partial charge in [0, 0.05) is 5.97 Å². The van der Waals surface area contributed by atoms with Crippen molar-refractivity contribution in [1.82, 2.24) is 0 Å². The Balaban J connectivity index is 0. The van der Waals surface area contributed by atoms with E-state index >= 15 is 0 Å². The number of hydrogen-bond donors (Lipinski definition) is 0. The van der Waals surface area contributed by atoms with E-state index in [4.69, 9.17) is 0 Å². The van der Waals surface area contributed by atoms with Crippen molar-refractivity contribution in [3.8, 4) is 0 Å². The van der Waals surface area contributed by atoms with Crippen LogP contribution in [0.25, 0.3) is 0 Å². The Morgan fingerprint density at radius 3 is 2.00 bits per heavy atom. The van der Waals surface area contributed by atoms with Crippen molar-refractivity contribution in [3.63, 3.8) is 0 Å². The summed E-state index contributed by atoms with van der Waals surface area (Å²) in [5.41, 5.74) is 0. The Kier molecular flexibility index (Phi) is 13.9. The average molecular weight is 208 g/mol. The van der Waals surface area contributed by atoms with Crippen LogP contribution in [0.3, 0.4) is 0 Å². The Morgan fingerprint density at radius 1 is 1.14 bits per heavy atom. The van der Waals surface area contributed by atoms with Crippen LogP contribution in [0.5, 0.6) is 0 Å². The third-order valence-corrected chi connectivity index (χ3v) is 2.39. The second kappa shape index (κ2) is 11.5. The van der Waals surface area contributed by atoms with Gasteiger partial charge in [-0.1, -0.05) is 46.0 Å². The summed E-state index contributed by atoms with van der Waals surface area (Å²) in [4.78, 5) is 10.2. The van der Waals surface area contributed by atoms with Gasteiger partial charge in [-0.15, -0.1) is 0 Å². The number of carboxylic acid groups (broad SMARTS) is 1. The standard InChI is InChI=1S/C11H22O2.Na/c1-3-6-10(7-4-2)8-5-9-11(12)13;/h10H,3-9H2,1-2H3,(H,12,13);/q;+1/p-1. The molecule has 0 aromatic carbocycles. The second-order valence-corrected chi connectivity index (χ2v) is 3.71. The fourth-order valence-corrected chi connectivity index (χ4v) is 1.78. The van der Waals surface area contributed by atoms with Crippen molar-refractivity contribution in [3.05, 3.63) is 0 Å². The molecule has 0 spiro atoms. The summed E-state index contributed by atoms with van der Waals surface area (Å²) < 4.78 is 0. The van der Waals surface area contributed by atoms with Crippen LogP contribution in [0.4, 0.5) is 0 Å². The maximum Gasteiger partial charge on any atom is 1.00 e. The zero-order chi connectivity index (χ0) is 10.1. The first-order chi connectivity index (χ1) is 6.20. The van der Waals surface area contributed by atoms with E-state index in [1.807, 2.05) is 0 Å². The molecule has 78 valence electrons. The molecule has 3 heteroatoms. The Bertz CT molecular complexity index is 131. The molecule has 0 atom stereocenters. The molecule has 14 heavy (non-hydrogen) atoms. The maximum absolute atomic E-state index is 10.2. The third-order valence-electron chi connectivity index (χ3n) is 2.39. The van der Waals surface area contributed by atoms with E-state index in [1.54, 1.807) is 0 Å². The van der Waals surface area contributed by atoms with Gasteiger partial charge in [-0.25, -0.2) is 0 Å². The van der Waals surface area contributed by atoms with Crippen molar-refractivity contribution >= 4 is 5.97 Å². The first kappa shape index (κ1) is 16.9. The van der Waals surface area contributed by atoms with Crippen molar-refractivity contribution in [2.24, 2.45) is 5.92 Å². The number of carbonyl (C=O) groups excluding carboxylic acids is 1. The monoisotopic (exact) mass is 208 g/mol. The van der Waals surface area contributed by atoms with Crippen molar-refractivity contribution in [2.75, 3.05) is 0 Å². The molecule has 0 unspecified atom stereocenters. The van der Waals surface area contributed by atoms with Crippen LogP contribution in [0.15, 0.2) is 0 Å². The molecule has 0 N–H and O–H groups in total. The summed E-state index contributed by atoms with van der Waals surface area (Å²) in [6.45, 7) is 4.36. The quantitative estimate of drug-likeness (QED) is 0.486. The molecule has 0 aliphatic rings. The minimum Gasteiger partial charge on any atom is -0.550 e. The van der Waals surface area contributed by atoms with E-state index in [0.717, 1.165) is 18.8 Å². The molecule has 2 nitrogen and oxygen atoms in total. The summed E-state index contributed by atoms with van der Waals surface area (Å²) in [7, 11) is 0. The molecule has 0 bridgehead atoms. The van der Waals surface area contributed by atoms with Gasteiger partial charge in [-0.05, 0) is 18.8 Å². The molecule has 0 heterocycles. The average Bonchev–Trinajstić information content (AvgIpc) is 2.04. The Hall–Kier alpha value is 0.470. The van der Waals surface area contributed by atoms with Gasteiger partial charge in [0.25, 0.3) is 0 Å². The van der Waals surface area contributed by atoms with Crippen LogP contribution in [0.1, 0.15) is 58.8 Å². The van der Waals surface area contributed by atoms with E-state index in [1.165, 1.54) is 25.7 Å². The van der Waals surface area contributed by atoms with E-state index in [9.17, 15) is 9.90 Å². The molecular formula is C11H21NaO2. The normalized spacial score (nSPS) is 9.93. The smallest absolute Gasteiger partial charge is 0.550 e. The predicted molar refractivity (Wildman–Crippen MR) is 52.2 cm³/mol. The first-order valence-corrected chi connectivity index (χ1v) is 5.40. The molecular weight excluding hydrogens is 187 g/mol. The Morgan fingerprint density at radius 2 is 1.64 bits per heavy atom. The Labute approximate surface area is 110 Å². The molecule has 0 radical (unpaired) electrons. The van der Waals surface area contributed by atoms with Crippen LogP contribution in [-0.4, -0.2) is 5.97 Å². The fraction of sp³-hybridized carbons (Fsp3) is 0.909. The summed E-state index contributed by atoms with van der Waals surface area (Å²) in [5.74, 6) is -0.180. The number of carboxylic acids is 1. The largest absolute Gasteiger partial charge is 1.00 e. The maximum atomic E-state index is 10.2. The van der Waals surface area contributed by atoms with Crippen LogP contribution in [0, 0.1) is 5.92 Å². The predicted octanol–water partition coefficient (Wildman–Crippen LogP) is -0.873. The number of rotatable bonds is 8. The van der Waals surface area contributed by atoms with E-state index < -0.39 is 5.97 Å². The summed E-state index contributed by atoms with van der Waals surface area (Å²) in [6, 6.07) is 0. The van der Waals surface area contributed by atoms with Crippen molar-refractivity contribution in [1.29, 1.82) is 0 Å². The SMILES string of the molecule is CCCC(CCC)CCCC(=O)[O-].[Na+]. The van der Waals surface area contributed by atoms with E-state index in [-0.39, 0.29) is 36.0 Å². The summed E-state index contributed by atoms with van der Waals surface area (Å²) in [5, 5.41) is 10.2. The van der Waals surface area contributed by atoms with Crippen LogP contribution in [-0.2, 0) is 4.79 Å². The van der Waals surface area contributed by atoms with Crippen molar-refractivity contribution < 1.29 is 39.5 Å². The molecule has 0 saturated carbocycles. The minimum absolute atomic E-state index is 0. The molecule has 0 rings (SSSR count). The van der Waals surface area contributed by atoms with Crippen LogP contribution in [0.2, 0.25) is 0 Å². The number of hydrogen-bond acceptors (Lipinski definition) is 2. The molecule has 0 aromatic heterocycles. The van der Waals surface area contributed by atoms with Gasteiger partial charge in [-0.3, -0.25) is 0 Å². The van der Waals surface area contributed by atoms with Crippen molar-refractivity contribution in [2.45, 2.75) is 58.8 Å². The van der Waals surface area contributed by atoms with Gasteiger partial charge in [0.2, 0.25) is 0 Å². The van der Waals surface area contributed by atoms with Gasteiger partial charge in [0.05, 0.1) is 0 Å². The first-order valence-electron chi connectivity index (χ1n) is 5.40. The molecule has 0 saturated heterocycles. The van der Waals surface area contributed by atoms with Gasteiger partial charge >= 0.3 is 29.6 Å². The van der Waals surface area contributed by atoms with Gasteiger partial charge < -0.3 is 9.90 Å².